The van der Waals surface area contributed by atoms with Gasteiger partial charge in [-0.05, 0) is 13.8 Å². The summed E-state index contributed by atoms with van der Waals surface area (Å²) in [6.45, 7) is 8.19. The fraction of sp³-hybridized carbons (Fsp3) is 0.769. The topological polar surface area (TPSA) is 85.2 Å². The molecule has 2 heterocycles. The number of nitrogens with one attached hydrogen (secondary N) is 1. The number of hydrogen-bond donors (Lipinski definition) is 2. The van der Waals surface area contributed by atoms with E-state index in [-0.39, 0.29) is 23.7 Å². The quantitative estimate of drug-likeness (QED) is 0.800. The van der Waals surface area contributed by atoms with Crippen molar-refractivity contribution in [1.82, 2.24) is 15.1 Å². The molecule has 0 unspecified atom stereocenters. The van der Waals surface area contributed by atoms with Crippen LogP contribution >= 0.6 is 11.8 Å². The molecule has 0 spiro atoms. The maximum absolute atomic E-state index is 11.9. The van der Waals surface area contributed by atoms with E-state index in [2.05, 4.69) is 29.1 Å². The number of aliphatic imine (C=N–C) groups is 1. The zero-order valence-corrected chi connectivity index (χ0v) is 13.3. The predicted octanol–water partition coefficient (Wildman–Crippen LogP) is 0.670. The molecule has 21 heavy (non-hydrogen) atoms. The first kappa shape index (κ1) is 15.9. The van der Waals surface area contributed by atoms with E-state index < -0.39 is 5.97 Å². The summed E-state index contributed by atoms with van der Waals surface area (Å²) < 4.78 is 0.167. The van der Waals surface area contributed by atoms with E-state index in [1.807, 2.05) is 0 Å². The van der Waals surface area contributed by atoms with E-state index in [9.17, 15) is 9.59 Å². The first-order chi connectivity index (χ1) is 9.87. The van der Waals surface area contributed by atoms with Crippen LogP contribution in [0.5, 0.6) is 0 Å². The summed E-state index contributed by atoms with van der Waals surface area (Å²) in [7, 11) is 0. The van der Waals surface area contributed by atoms with Crippen LogP contribution in [-0.2, 0) is 4.79 Å². The Morgan fingerprint density at radius 1 is 1.33 bits per heavy atom. The Morgan fingerprint density at radius 2 is 2.00 bits per heavy atom. The molecule has 0 saturated carbocycles. The number of nitrogens with zero attached hydrogens (tertiary/aromatic N) is 3. The monoisotopic (exact) mass is 314 g/mol. The number of carboxylic acids is 1. The molecule has 0 aliphatic carbocycles. The summed E-state index contributed by atoms with van der Waals surface area (Å²) in [4.78, 5) is 30.8. The van der Waals surface area contributed by atoms with Crippen LogP contribution in [0.15, 0.2) is 4.99 Å². The van der Waals surface area contributed by atoms with Gasteiger partial charge in [-0.3, -0.25) is 9.79 Å². The Bertz CT molecular complexity index is 445. The van der Waals surface area contributed by atoms with Crippen molar-refractivity contribution in [2.24, 2.45) is 4.99 Å². The van der Waals surface area contributed by atoms with Crippen molar-refractivity contribution >= 4 is 28.9 Å². The lowest BCUT2D eigenvalue weighted by Gasteiger charge is -2.35. The highest BCUT2D eigenvalue weighted by Crippen LogP contribution is 2.33. The van der Waals surface area contributed by atoms with Gasteiger partial charge >= 0.3 is 12.0 Å². The predicted molar refractivity (Wildman–Crippen MR) is 82.8 cm³/mol. The molecule has 2 rings (SSSR count). The Kier molecular flexibility index (Phi) is 4.97. The standard InChI is InChI=1S/C13H22N4O3S/c1-13(2)9-15-12(21-13)17-7-5-16(6-8-17)11(20)14-4-3-10(18)19/h3-9H2,1-2H3,(H,14,20)(H,18,19). The third-order valence-corrected chi connectivity index (χ3v) is 4.67. The van der Waals surface area contributed by atoms with Gasteiger partial charge in [0.1, 0.15) is 0 Å². The van der Waals surface area contributed by atoms with Gasteiger partial charge in [0.15, 0.2) is 5.17 Å². The third-order valence-electron chi connectivity index (χ3n) is 3.42. The lowest BCUT2D eigenvalue weighted by Crippen LogP contribution is -2.52. The van der Waals surface area contributed by atoms with Gasteiger partial charge in [0.2, 0.25) is 0 Å². The summed E-state index contributed by atoms with van der Waals surface area (Å²) in [5.74, 6) is -0.904. The van der Waals surface area contributed by atoms with Crippen molar-refractivity contribution in [2.75, 3.05) is 39.3 Å². The molecule has 2 aliphatic heterocycles. The number of carbonyl (C=O) groups is 2. The van der Waals surface area contributed by atoms with Crippen LogP contribution < -0.4 is 5.32 Å². The first-order valence-electron chi connectivity index (χ1n) is 7.10. The minimum atomic E-state index is -0.904. The number of aliphatic carboxylic acids is 1. The normalized spacial score (nSPS) is 21.1. The Labute approximate surface area is 128 Å². The SMILES string of the molecule is CC1(C)CN=C(N2CCN(C(=O)NCCC(=O)O)CC2)S1. The maximum Gasteiger partial charge on any atom is 0.317 e. The molecule has 1 fully saturated rings. The molecule has 1 saturated heterocycles. The van der Waals surface area contributed by atoms with E-state index in [4.69, 9.17) is 5.11 Å². The number of urea groups is 1. The minimum absolute atomic E-state index is 0.0474. The number of rotatable bonds is 3. The van der Waals surface area contributed by atoms with Gasteiger partial charge in [-0.15, -0.1) is 0 Å². The molecule has 8 heteroatoms. The molecule has 7 nitrogen and oxygen atoms in total. The molecule has 118 valence electrons. The van der Waals surface area contributed by atoms with Crippen molar-refractivity contribution in [1.29, 1.82) is 0 Å². The van der Waals surface area contributed by atoms with Gasteiger partial charge in [-0.25, -0.2) is 4.79 Å². The highest BCUT2D eigenvalue weighted by molar-refractivity contribution is 8.15. The number of amidine groups is 1. The second-order valence-electron chi connectivity index (χ2n) is 5.81. The van der Waals surface area contributed by atoms with Gasteiger partial charge in [0.05, 0.1) is 13.0 Å². The van der Waals surface area contributed by atoms with Crippen LogP contribution in [0.3, 0.4) is 0 Å². The Morgan fingerprint density at radius 3 is 2.52 bits per heavy atom. The zero-order valence-electron chi connectivity index (χ0n) is 12.5. The molecule has 0 radical (unpaired) electrons. The molecular formula is C13H22N4O3S. The van der Waals surface area contributed by atoms with Crippen molar-refractivity contribution in [3.05, 3.63) is 0 Å². The Hall–Kier alpha value is -1.44. The van der Waals surface area contributed by atoms with Crippen molar-refractivity contribution < 1.29 is 14.7 Å². The van der Waals surface area contributed by atoms with Crippen LogP contribution in [-0.4, -0.2) is 76.1 Å². The fourth-order valence-electron chi connectivity index (χ4n) is 2.22. The number of carboxylic acid groups (broad SMARTS) is 1. The number of amides is 2. The third kappa shape index (κ3) is 4.52. The van der Waals surface area contributed by atoms with Crippen LogP contribution in [0.2, 0.25) is 0 Å². The minimum Gasteiger partial charge on any atom is -0.481 e. The number of hydrogen-bond acceptors (Lipinski definition) is 5. The molecule has 0 aromatic heterocycles. The van der Waals surface area contributed by atoms with E-state index in [1.54, 1.807) is 16.7 Å². The van der Waals surface area contributed by atoms with Crippen molar-refractivity contribution in [2.45, 2.75) is 25.0 Å². The van der Waals surface area contributed by atoms with Crippen LogP contribution in [0, 0.1) is 0 Å². The van der Waals surface area contributed by atoms with Crippen molar-refractivity contribution in [3.63, 3.8) is 0 Å². The smallest absolute Gasteiger partial charge is 0.317 e. The number of piperazine rings is 1. The summed E-state index contributed by atoms with van der Waals surface area (Å²) in [6, 6.07) is -0.183. The second kappa shape index (κ2) is 6.55. The summed E-state index contributed by atoms with van der Waals surface area (Å²) in [5, 5.41) is 12.3. The van der Waals surface area contributed by atoms with E-state index >= 15 is 0 Å². The number of carbonyl (C=O) groups excluding carboxylic acids is 1. The first-order valence-corrected chi connectivity index (χ1v) is 7.92. The molecule has 0 bridgehead atoms. The van der Waals surface area contributed by atoms with Crippen LogP contribution in [0.25, 0.3) is 0 Å². The second-order valence-corrected chi connectivity index (χ2v) is 7.48. The van der Waals surface area contributed by atoms with E-state index in [0.717, 1.165) is 24.8 Å². The van der Waals surface area contributed by atoms with Gasteiger partial charge in [-0.1, -0.05) is 11.8 Å². The molecule has 2 amide bonds. The fourth-order valence-corrected chi connectivity index (χ4v) is 3.29. The number of thioether (sulfide) groups is 1. The van der Waals surface area contributed by atoms with E-state index in [0.29, 0.717) is 13.1 Å². The average Bonchev–Trinajstić information content (AvgIpc) is 2.79. The van der Waals surface area contributed by atoms with Crippen LogP contribution in [0.4, 0.5) is 4.79 Å². The molecule has 0 aromatic rings. The molecule has 2 N–H and O–H groups in total. The van der Waals surface area contributed by atoms with Gasteiger partial charge < -0.3 is 20.2 Å². The van der Waals surface area contributed by atoms with Gasteiger partial charge in [-0.2, -0.15) is 0 Å². The lowest BCUT2D eigenvalue weighted by atomic mass is 10.2. The maximum atomic E-state index is 11.9. The van der Waals surface area contributed by atoms with E-state index in [1.165, 1.54) is 0 Å². The molecule has 0 aromatic carbocycles. The summed E-state index contributed by atoms with van der Waals surface area (Å²) >= 11 is 1.79. The molecule has 0 atom stereocenters. The molecular weight excluding hydrogens is 292 g/mol. The average molecular weight is 314 g/mol. The lowest BCUT2D eigenvalue weighted by molar-refractivity contribution is -0.136. The highest BCUT2D eigenvalue weighted by Gasteiger charge is 2.32. The van der Waals surface area contributed by atoms with Crippen LogP contribution in [0.1, 0.15) is 20.3 Å². The molecule has 2 aliphatic rings. The highest BCUT2D eigenvalue weighted by atomic mass is 32.2. The summed E-state index contributed by atoms with van der Waals surface area (Å²) in [5.41, 5.74) is 0. The Balaban J connectivity index is 1.73. The van der Waals surface area contributed by atoms with Crippen molar-refractivity contribution in [3.8, 4) is 0 Å². The summed E-state index contributed by atoms with van der Waals surface area (Å²) in [6.07, 6.45) is -0.0474. The largest absolute Gasteiger partial charge is 0.481 e. The zero-order chi connectivity index (χ0) is 15.5. The van der Waals surface area contributed by atoms with Gasteiger partial charge in [0.25, 0.3) is 0 Å². The van der Waals surface area contributed by atoms with Gasteiger partial charge in [0, 0.05) is 37.5 Å².